The molecule has 1 aromatic heterocycles. The number of likely N-dealkylation sites (N-methyl/N-ethyl adjacent to an activating group) is 2. The molecule has 0 aliphatic rings. The Bertz CT molecular complexity index is 804. The van der Waals surface area contributed by atoms with E-state index in [0.29, 0.717) is 13.2 Å². The predicted octanol–water partition coefficient (Wildman–Crippen LogP) is 2.21. The molecule has 136 valence electrons. The van der Waals surface area contributed by atoms with Crippen LogP contribution in [0.25, 0.3) is 0 Å². The van der Waals surface area contributed by atoms with Crippen molar-refractivity contribution in [3.8, 4) is 5.75 Å². The minimum Gasteiger partial charge on any atom is -0.492 e. The topological polar surface area (TPSA) is 66.9 Å². The summed E-state index contributed by atoms with van der Waals surface area (Å²) in [6, 6.07) is 10.9. The zero-order chi connectivity index (χ0) is 18.4. The Labute approximate surface area is 152 Å². The number of thiophene rings is 1. The molecule has 1 heterocycles. The van der Waals surface area contributed by atoms with Crippen LogP contribution in [-0.4, -0.2) is 57.3 Å². The van der Waals surface area contributed by atoms with Gasteiger partial charge in [-0.25, -0.2) is 8.42 Å². The van der Waals surface area contributed by atoms with Crippen molar-refractivity contribution in [2.45, 2.75) is 11.1 Å². The quantitative estimate of drug-likeness (QED) is 0.702. The Balaban J connectivity index is 1.83. The van der Waals surface area contributed by atoms with E-state index in [-0.39, 0.29) is 16.7 Å². The molecule has 2 aromatic rings. The summed E-state index contributed by atoms with van der Waals surface area (Å²) in [4.78, 5) is 13.7. The van der Waals surface area contributed by atoms with E-state index in [1.807, 2.05) is 31.2 Å². The van der Waals surface area contributed by atoms with Crippen LogP contribution in [0.1, 0.15) is 5.56 Å². The Morgan fingerprint density at radius 3 is 2.60 bits per heavy atom. The standard InChI is InChI=1S/C17H22N2O4S2/c1-14-6-4-7-15(12-14)23-10-9-18(2)16(20)13-19(3)25(21,22)17-8-5-11-24-17/h4-8,11-12H,9-10,13H2,1-3H3. The molecule has 6 nitrogen and oxygen atoms in total. The van der Waals surface area contributed by atoms with E-state index in [1.165, 1.54) is 18.0 Å². The van der Waals surface area contributed by atoms with E-state index < -0.39 is 10.0 Å². The fraction of sp³-hybridized carbons (Fsp3) is 0.353. The Hall–Kier alpha value is -1.90. The third-order valence-electron chi connectivity index (χ3n) is 3.63. The van der Waals surface area contributed by atoms with Crippen LogP contribution < -0.4 is 4.74 Å². The monoisotopic (exact) mass is 382 g/mol. The van der Waals surface area contributed by atoms with Crippen molar-refractivity contribution in [1.29, 1.82) is 0 Å². The van der Waals surface area contributed by atoms with Crippen molar-refractivity contribution >= 4 is 27.3 Å². The number of sulfonamides is 1. The lowest BCUT2D eigenvalue weighted by Gasteiger charge is -2.21. The highest BCUT2D eigenvalue weighted by Gasteiger charge is 2.24. The average Bonchev–Trinajstić information content (AvgIpc) is 3.10. The molecule has 1 amide bonds. The third-order valence-corrected chi connectivity index (χ3v) is 6.80. The maximum Gasteiger partial charge on any atom is 0.252 e. The van der Waals surface area contributed by atoms with Crippen LogP contribution in [0.15, 0.2) is 46.0 Å². The van der Waals surface area contributed by atoms with Crippen LogP contribution >= 0.6 is 11.3 Å². The van der Waals surface area contributed by atoms with Crippen molar-refractivity contribution in [2.75, 3.05) is 33.8 Å². The van der Waals surface area contributed by atoms with Gasteiger partial charge in [-0.15, -0.1) is 11.3 Å². The molecule has 0 fully saturated rings. The summed E-state index contributed by atoms with van der Waals surface area (Å²) < 4.78 is 31.6. The maximum atomic E-state index is 12.3. The van der Waals surface area contributed by atoms with Gasteiger partial charge in [-0.2, -0.15) is 4.31 Å². The predicted molar refractivity (Wildman–Crippen MR) is 98.4 cm³/mol. The fourth-order valence-corrected chi connectivity index (χ4v) is 4.41. The highest BCUT2D eigenvalue weighted by atomic mass is 32.2. The molecule has 0 N–H and O–H groups in total. The largest absolute Gasteiger partial charge is 0.492 e. The van der Waals surface area contributed by atoms with Crippen molar-refractivity contribution in [1.82, 2.24) is 9.21 Å². The molecule has 0 atom stereocenters. The first kappa shape index (κ1) is 19.4. The smallest absolute Gasteiger partial charge is 0.252 e. The number of nitrogens with zero attached hydrogens (tertiary/aromatic N) is 2. The first-order valence-corrected chi connectivity index (χ1v) is 10.1. The lowest BCUT2D eigenvalue weighted by molar-refractivity contribution is -0.130. The summed E-state index contributed by atoms with van der Waals surface area (Å²) in [5.41, 5.74) is 1.10. The highest BCUT2D eigenvalue weighted by molar-refractivity contribution is 7.91. The first-order chi connectivity index (χ1) is 11.8. The molecule has 2 rings (SSSR count). The van der Waals surface area contributed by atoms with Gasteiger partial charge in [-0.1, -0.05) is 18.2 Å². The normalized spacial score (nSPS) is 11.5. The molecular formula is C17H22N2O4S2. The molecule has 25 heavy (non-hydrogen) atoms. The summed E-state index contributed by atoms with van der Waals surface area (Å²) in [5, 5.41) is 1.69. The van der Waals surface area contributed by atoms with Crippen LogP contribution in [-0.2, 0) is 14.8 Å². The van der Waals surface area contributed by atoms with E-state index in [9.17, 15) is 13.2 Å². The molecular weight excluding hydrogens is 360 g/mol. The number of aryl methyl sites for hydroxylation is 1. The second-order valence-corrected chi connectivity index (χ2v) is 8.89. The summed E-state index contributed by atoms with van der Waals surface area (Å²) in [5.74, 6) is 0.466. The van der Waals surface area contributed by atoms with Crippen LogP contribution in [0, 0.1) is 6.92 Å². The van der Waals surface area contributed by atoms with Gasteiger partial charge in [-0.05, 0) is 36.1 Å². The number of carbonyl (C=O) groups excluding carboxylic acids is 1. The third kappa shape index (κ3) is 5.29. The fourth-order valence-electron chi connectivity index (χ4n) is 2.09. The number of amides is 1. The van der Waals surface area contributed by atoms with Crippen LogP contribution in [0.2, 0.25) is 0 Å². The molecule has 0 bridgehead atoms. The van der Waals surface area contributed by atoms with Gasteiger partial charge in [0.15, 0.2) is 0 Å². The van der Waals surface area contributed by atoms with Gasteiger partial charge < -0.3 is 9.64 Å². The Kier molecular flexibility index (Phi) is 6.57. The van der Waals surface area contributed by atoms with Crippen LogP contribution in [0.4, 0.5) is 0 Å². The molecule has 0 unspecified atom stereocenters. The second kappa shape index (κ2) is 8.46. The molecule has 0 radical (unpaired) electrons. The molecule has 0 aliphatic heterocycles. The summed E-state index contributed by atoms with van der Waals surface area (Å²) in [6.45, 7) is 2.49. The summed E-state index contributed by atoms with van der Waals surface area (Å²) in [7, 11) is -0.580. The van der Waals surface area contributed by atoms with Gasteiger partial charge in [0.25, 0.3) is 10.0 Å². The van der Waals surface area contributed by atoms with Gasteiger partial charge in [0, 0.05) is 14.1 Å². The van der Waals surface area contributed by atoms with Crippen molar-refractivity contribution < 1.29 is 17.9 Å². The molecule has 1 aromatic carbocycles. The van der Waals surface area contributed by atoms with E-state index in [0.717, 1.165) is 27.0 Å². The number of carbonyl (C=O) groups is 1. The van der Waals surface area contributed by atoms with E-state index in [4.69, 9.17) is 4.74 Å². The molecule has 0 saturated heterocycles. The van der Waals surface area contributed by atoms with Crippen LogP contribution in [0.5, 0.6) is 5.75 Å². The minimum absolute atomic E-state index is 0.207. The van der Waals surface area contributed by atoms with Gasteiger partial charge in [-0.3, -0.25) is 4.79 Å². The zero-order valence-electron chi connectivity index (χ0n) is 14.5. The number of rotatable bonds is 8. The number of hydrogen-bond acceptors (Lipinski definition) is 5. The first-order valence-electron chi connectivity index (χ1n) is 7.74. The van der Waals surface area contributed by atoms with Crippen molar-refractivity contribution in [3.05, 3.63) is 47.3 Å². The lowest BCUT2D eigenvalue weighted by Crippen LogP contribution is -2.40. The minimum atomic E-state index is -3.62. The van der Waals surface area contributed by atoms with Gasteiger partial charge in [0.2, 0.25) is 5.91 Å². The van der Waals surface area contributed by atoms with Crippen LogP contribution in [0.3, 0.4) is 0 Å². The summed E-state index contributed by atoms with van der Waals surface area (Å²) >= 11 is 1.13. The van der Waals surface area contributed by atoms with Crippen molar-refractivity contribution in [2.24, 2.45) is 0 Å². The lowest BCUT2D eigenvalue weighted by atomic mass is 10.2. The van der Waals surface area contributed by atoms with Gasteiger partial charge in [0.1, 0.15) is 16.6 Å². The highest BCUT2D eigenvalue weighted by Crippen LogP contribution is 2.19. The zero-order valence-corrected chi connectivity index (χ0v) is 16.1. The van der Waals surface area contributed by atoms with Crippen molar-refractivity contribution in [3.63, 3.8) is 0 Å². The Morgan fingerprint density at radius 2 is 1.96 bits per heavy atom. The number of hydrogen-bond donors (Lipinski definition) is 0. The summed E-state index contributed by atoms with van der Waals surface area (Å²) in [6.07, 6.45) is 0. The SMILES string of the molecule is Cc1cccc(OCCN(C)C(=O)CN(C)S(=O)(=O)c2cccs2)c1. The molecule has 0 spiro atoms. The molecule has 8 heteroatoms. The maximum absolute atomic E-state index is 12.3. The molecule has 0 aliphatic carbocycles. The van der Waals surface area contributed by atoms with E-state index in [2.05, 4.69) is 0 Å². The number of ether oxygens (including phenoxy) is 1. The Morgan fingerprint density at radius 1 is 1.20 bits per heavy atom. The van der Waals surface area contributed by atoms with E-state index >= 15 is 0 Å². The van der Waals surface area contributed by atoms with E-state index in [1.54, 1.807) is 18.5 Å². The average molecular weight is 383 g/mol. The van der Waals surface area contributed by atoms with Gasteiger partial charge >= 0.3 is 0 Å². The molecule has 0 saturated carbocycles. The van der Waals surface area contributed by atoms with Gasteiger partial charge in [0.05, 0.1) is 13.1 Å². The second-order valence-electron chi connectivity index (χ2n) is 5.67. The number of benzene rings is 1.